The first-order valence-corrected chi connectivity index (χ1v) is 21.1. The molecule has 6 heterocycles. The molecule has 6 aliphatic rings. The maximum absolute atomic E-state index is 11.4. The van der Waals surface area contributed by atoms with Gasteiger partial charge in [0.25, 0.3) is 0 Å². The van der Waals surface area contributed by atoms with Gasteiger partial charge in [-0.15, -0.1) is 0 Å². The van der Waals surface area contributed by atoms with Crippen LogP contribution in [0.2, 0.25) is 0 Å². The molecule has 6 saturated heterocycles. The number of aliphatic hydroxyl groups excluding tert-OH is 19. The summed E-state index contributed by atoms with van der Waals surface area (Å²) in [5, 5.41) is 206. The summed E-state index contributed by atoms with van der Waals surface area (Å²) in [6.45, 7) is -3.93. The van der Waals surface area contributed by atoms with Gasteiger partial charge in [-0.25, -0.2) is 4.79 Å². The summed E-state index contributed by atoms with van der Waals surface area (Å²) in [7, 11) is 0. The molecule has 0 bridgehead atoms. The molecule has 0 aliphatic carbocycles. The van der Waals surface area contributed by atoms with Gasteiger partial charge in [0.1, 0.15) is 140 Å². The summed E-state index contributed by atoms with van der Waals surface area (Å²) in [6.07, 6.45) is -56.5. The molecule has 32 heteroatoms. The van der Waals surface area contributed by atoms with E-state index in [2.05, 4.69) is 0 Å². The molecule has 32 nitrogen and oxygen atoms in total. The summed E-state index contributed by atoms with van der Waals surface area (Å²) in [4.78, 5) is 11.4. The van der Waals surface area contributed by atoms with Gasteiger partial charge in [0.15, 0.2) is 43.8 Å². The average molecular weight is 1000 g/mol. The molecular formula is C36H60O32. The van der Waals surface area contributed by atoms with Crippen LogP contribution in [-0.2, 0) is 56.9 Å². The van der Waals surface area contributed by atoms with Crippen molar-refractivity contribution in [2.45, 2.75) is 184 Å². The minimum atomic E-state index is -2.05. The molecule has 68 heavy (non-hydrogen) atoms. The lowest BCUT2D eigenvalue weighted by Crippen LogP contribution is -2.63. The Morgan fingerprint density at radius 1 is 0.279 bits per heavy atom. The van der Waals surface area contributed by atoms with Gasteiger partial charge in [-0.3, -0.25) is 0 Å². The fourth-order valence-corrected chi connectivity index (χ4v) is 7.97. The molecule has 0 amide bonds. The molecule has 0 aromatic carbocycles. The van der Waals surface area contributed by atoms with E-state index in [1.807, 2.05) is 0 Å². The van der Waals surface area contributed by atoms with Gasteiger partial charge >= 0.3 is 5.97 Å². The largest absolute Gasteiger partial charge is 0.479 e. The van der Waals surface area contributed by atoms with Crippen LogP contribution >= 0.6 is 0 Å². The van der Waals surface area contributed by atoms with Crippen molar-refractivity contribution in [1.29, 1.82) is 0 Å². The van der Waals surface area contributed by atoms with Crippen molar-refractivity contribution in [2.75, 3.05) is 33.0 Å². The predicted octanol–water partition coefficient (Wildman–Crippen LogP) is -14.0. The Morgan fingerprint density at radius 2 is 0.500 bits per heavy atom. The standard InChI is InChI=1S/C36H60O32/c37-11-6(63-31(57)23(49)16(11)42)1-58-32-24(50)17(43)12(38)7(64-32)2-59-33-25(51)18(44)13(39)8(65-33)3-60-34-26(52)19(45)14(40)9(66-34)4-61-35-27(53)20(46)15(41)10(67-35)5-62-36-28(54)21(47)22(48)29(68-36)30(55)56/h6-29,31-54,57H,1-5H2,(H,55,56)/t6?,7-,8?,9-,10?,11-,12?,13-,14?,15-,16?,17+,18?,19+,20?,21+,22?,23-,24?,25-,26?,27-,28?,29+,31+,32-,33?,34-,35?,36-/m1/s1. The van der Waals surface area contributed by atoms with Crippen LogP contribution in [0, 0.1) is 0 Å². The van der Waals surface area contributed by atoms with Gasteiger partial charge in [0, 0.05) is 0 Å². The second-order valence-corrected chi connectivity index (χ2v) is 17.0. The Bertz CT molecular complexity index is 1590. The lowest BCUT2D eigenvalue weighted by molar-refractivity contribution is -0.351. The number of ether oxygens (including phenoxy) is 11. The molecular weight excluding hydrogens is 944 g/mol. The van der Waals surface area contributed by atoms with Crippen molar-refractivity contribution in [3.63, 3.8) is 0 Å². The zero-order chi connectivity index (χ0) is 50.2. The number of carboxylic acid groups (broad SMARTS) is 1. The minimum absolute atomic E-state index is 0.700. The number of carboxylic acids is 1. The van der Waals surface area contributed by atoms with Crippen molar-refractivity contribution in [3.05, 3.63) is 0 Å². The fraction of sp³-hybridized carbons (Fsp3) is 0.972. The highest BCUT2D eigenvalue weighted by Gasteiger charge is 2.53. The van der Waals surface area contributed by atoms with Crippen molar-refractivity contribution in [2.24, 2.45) is 0 Å². The van der Waals surface area contributed by atoms with Crippen molar-refractivity contribution < 1.29 is 159 Å². The molecule has 0 aromatic heterocycles. The number of hydrogen-bond donors (Lipinski definition) is 20. The molecule has 0 saturated carbocycles. The third kappa shape index (κ3) is 11.9. The average Bonchev–Trinajstić information content (AvgIpc) is 3.31. The van der Waals surface area contributed by atoms with Crippen molar-refractivity contribution in [1.82, 2.24) is 0 Å². The summed E-state index contributed by atoms with van der Waals surface area (Å²) in [6, 6.07) is 0. The molecule has 6 fully saturated rings. The number of aliphatic carboxylic acids is 1. The van der Waals surface area contributed by atoms with E-state index in [9.17, 15) is 107 Å². The minimum Gasteiger partial charge on any atom is -0.479 e. The van der Waals surface area contributed by atoms with Crippen LogP contribution in [0.5, 0.6) is 0 Å². The zero-order valence-electron chi connectivity index (χ0n) is 35.2. The van der Waals surface area contributed by atoms with Crippen LogP contribution in [0.25, 0.3) is 0 Å². The smallest absolute Gasteiger partial charge is 0.335 e. The van der Waals surface area contributed by atoms with E-state index in [0.717, 1.165) is 0 Å². The highest BCUT2D eigenvalue weighted by molar-refractivity contribution is 5.73. The summed E-state index contributed by atoms with van der Waals surface area (Å²) >= 11 is 0. The third-order valence-corrected chi connectivity index (χ3v) is 12.3. The Balaban J connectivity index is 1.01. The van der Waals surface area contributed by atoms with E-state index >= 15 is 0 Å². The maximum atomic E-state index is 11.4. The molecule has 20 N–H and O–H groups in total. The molecule has 0 radical (unpaired) electrons. The molecule has 396 valence electrons. The summed E-state index contributed by atoms with van der Waals surface area (Å²) in [5.74, 6) is -1.71. The third-order valence-electron chi connectivity index (χ3n) is 12.3. The van der Waals surface area contributed by atoms with E-state index in [4.69, 9.17) is 52.1 Å². The predicted molar refractivity (Wildman–Crippen MR) is 200 cm³/mol. The second-order valence-electron chi connectivity index (χ2n) is 17.0. The topological polar surface area (TPSA) is 523 Å². The maximum Gasteiger partial charge on any atom is 0.335 e. The Kier molecular flexibility index (Phi) is 19.2. The molecule has 6 rings (SSSR count). The van der Waals surface area contributed by atoms with Gasteiger partial charge in [-0.2, -0.15) is 0 Å². The number of hydrogen-bond acceptors (Lipinski definition) is 31. The highest BCUT2D eigenvalue weighted by atomic mass is 16.8. The lowest BCUT2D eigenvalue weighted by atomic mass is 9.97. The summed E-state index contributed by atoms with van der Waals surface area (Å²) in [5.41, 5.74) is 0. The first-order chi connectivity index (χ1) is 31.9. The molecule has 0 spiro atoms. The van der Waals surface area contributed by atoms with Crippen LogP contribution in [0.4, 0.5) is 0 Å². The van der Waals surface area contributed by atoms with Crippen LogP contribution in [0.3, 0.4) is 0 Å². The SMILES string of the molecule is O=C(O)[C@H]1O[C@@H](OCC2OC(OC[C@H]3O[C@@H](OCC4OC(OC[C@H]5O[C@@H](OCC6O[C@H](O)[C@H](O)C(O)[C@@H]6O)C(O)[C@@H](O)C5O)[C@H](O)C(O)[C@@H]4O)C(O)[C@@H](O)C3O)[C@H](O)C(O)[C@@H]2O)C(O)[C@@H](O)C1O. The van der Waals surface area contributed by atoms with E-state index in [0.29, 0.717) is 0 Å². The van der Waals surface area contributed by atoms with Crippen molar-refractivity contribution >= 4 is 5.97 Å². The quantitative estimate of drug-likeness (QED) is 0.0683. The second kappa shape index (κ2) is 23.4. The van der Waals surface area contributed by atoms with Crippen LogP contribution in [-0.4, -0.2) is 325 Å². The van der Waals surface area contributed by atoms with Gasteiger partial charge < -0.3 is 154 Å². The molecule has 14 unspecified atom stereocenters. The first-order valence-electron chi connectivity index (χ1n) is 21.1. The first kappa shape index (κ1) is 55.6. The summed E-state index contributed by atoms with van der Waals surface area (Å²) < 4.78 is 59.2. The van der Waals surface area contributed by atoms with Gasteiger partial charge in [-0.05, 0) is 0 Å². The monoisotopic (exact) mass is 1000 g/mol. The number of carbonyl (C=O) groups is 1. The number of aliphatic hydroxyl groups is 19. The highest BCUT2D eigenvalue weighted by Crippen LogP contribution is 2.31. The molecule has 0 aromatic rings. The van der Waals surface area contributed by atoms with Gasteiger partial charge in [0.2, 0.25) is 0 Å². The normalized spacial score (nSPS) is 52.7. The Labute approximate surface area is 382 Å². The van der Waals surface area contributed by atoms with E-state index in [1.54, 1.807) is 0 Å². The van der Waals surface area contributed by atoms with Crippen LogP contribution in [0.15, 0.2) is 0 Å². The van der Waals surface area contributed by atoms with Crippen LogP contribution < -0.4 is 0 Å². The van der Waals surface area contributed by atoms with E-state index < -0.39 is 223 Å². The van der Waals surface area contributed by atoms with E-state index in [1.165, 1.54) is 0 Å². The zero-order valence-corrected chi connectivity index (χ0v) is 35.2. The fourth-order valence-electron chi connectivity index (χ4n) is 7.97. The molecule has 6 aliphatic heterocycles. The van der Waals surface area contributed by atoms with Gasteiger partial charge in [0.05, 0.1) is 33.0 Å². The lowest BCUT2D eigenvalue weighted by Gasteiger charge is -2.44. The molecule has 30 atom stereocenters. The van der Waals surface area contributed by atoms with E-state index in [-0.39, 0.29) is 0 Å². The number of rotatable bonds is 16. The van der Waals surface area contributed by atoms with Crippen molar-refractivity contribution in [3.8, 4) is 0 Å². The Hall–Kier alpha value is -1.73. The van der Waals surface area contributed by atoms with Gasteiger partial charge in [-0.1, -0.05) is 0 Å². The Morgan fingerprint density at radius 3 is 0.765 bits per heavy atom. The van der Waals surface area contributed by atoms with Crippen LogP contribution in [0.1, 0.15) is 0 Å².